The SMILES string of the molecule is Fc1ccc(CNc2cc(C(F)(F)F)ccc2F)c(Br)c1. The number of nitrogens with one attached hydrogen (secondary N) is 1. The van der Waals surface area contributed by atoms with Gasteiger partial charge in [0.2, 0.25) is 0 Å². The molecule has 0 fully saturated rings. The summed E-state index contributed by atoms with van der Waals surface area (Å²) in [5.41, 5.74) is -0.612. The average molecular weight is 366 g/mol. The minimum atomic E-state index is -4.54. The summed E-state index contributed by atoms with van der Waals surface area (Å²) in [6.07, 6.45) is -4.54. The Labute approximate surface area is 125 Å². The van der Waals surface area contributed by atoms with Crippen LogP contribution in [0.1, 0.15) is 11.1 Å². The fraction of sp³-hybridized carbons (Fsp3) is 0.143. The van der Waals surface area contributed by atoms with Gasteiger partial charge < -0.3 is 5.32 Å². The highest BCUT2D eigenvalue weighted by Crippen LogP contribution is 2.32. The maximum Gasteiger partial charge on any atom is 0.416 e. The van der Waals surface area contributed by atoms with E-state index in [0.29, 0.717) is 22.2 Å². The highest BCUT2D eigenvalue weighted by atomic mass is 79.9. The molecule has 2 rings (SSSR count). The summed E-state index contributed by atoms with van der Waals surface area (Å²) in [7, 11) is 0. The number of halogens is 6. The molecule has 0 heterocycles. The van der Waals surface area contributed by atoms with E-state index in [1.165, 1.54) is 18.2 Å². The first kappa shape index (κ1) is 15.8. The molecule has 0 saturated carbocycles. The number of alkyl halides is 3. The second-order valence-electron chi connectivity index (χ2n) is 4.28. The van der Waals surface area contributed by atoms with Gasteiger partial charge in [0.25, 0.3) is 0 Å². The lowest BCUT2D eigenvalue weighted by Gasteiger charge is -2.12. The maximum absolute atomic E-state index is 13.5. The van der Waals surface area contributed by atoms with Crippen LogP contribution in [-0.2, 0) is 12.7 Å². The van der Waals surface area contributed by atoms with Gasteiger partial charge >= 0.3 is 6.18 Å². The van der Waals surface area contributed by atoms with Gasteiger partial charge in [0.15, 0.2) is 0 Å². The van der Waals surface area contributed by atoms with Gasteiger partial charge in [-0.3, -0.25) is 0 Å². The second kappa shape index (κ2) is 6.01. The molecule has 0 aromatic heterocycles. The molecule has 0 amide bonds. The number of benzene rings is 2. The first-order chi connectivity index (χ1) is 9.77. The van der Waals surface area contributed by atoms with Gasteiger partial charge in [0.1, 0.15) is 11.6 Å². The van der Waals surface area contributed by atoms with Crippen molar-refractivity contribution in [3.05, 3.63) is 63.6 Å². The molecule has 0 aliphatic heterocycles. The van der Waals surface area contributed by atoms with Crippen molar-refractivity contribution in [2.75, 3.05) is 5.32 Å². The van der Waals surface area contributed by atoms with Gasteiger partial charge in [0, 0.05) is 11.0 Å². The summed E-state index contributed by atoms with van der Waals surface area (Å²) in [5, 5.41) is 2.57. The molecule has 0 aliphatic carbocycles. The van der Waals surface area contributed by atoms with Crippen LogP contribution in [0.3, 0.4) is 0 Å². The Morgan fingerprint density at radius 2 is 1.71 bits per heavy atom. The topological polar surface area (TPSA) is 12.0 Å². The van der Waals surface area contributed by atoms with E-state index >= 15 is 0 Å². The highest BCUT2D eigenvalue weighted by Gasteiger charge is 2.31. The lowest BCUT2D eigenvalue weighted by Crippen LogP contribution is -2.08. The number of rotatable bonds is 3. The van der Waals surface area contributed by atoms with Crippen LogP contribution in [0.25, 0.3) is 0 Å². The van der Waals surface area contributed by atoms with E-state index in [-0.39, 0.29) is 12.2 Å². The molecule has 0 radical (unpaired) electrons. The van der Waals surface area contributed by atoms with Crippen LogP contribution in [-0.4, -0.2) is 0 Å². The van der Waals surface area contributed by atoms with Crippen molar-refractivity contribution in [3.63, 3.8) is 0 Å². The third kappa shape index (κ3) is 3.93. The van der Waals surface area contributed by atoms with Crippen LogP contribution >= 0.6 is 15.9 Å². The van der Waals surface area contributed by atoms with Crippen LogP contribution in [0.15, 0.2) is 40.9 Å². The van der Waals surface area contributed by atoms with Crippen molar-refractivity contribution in [1.82, 2.24) is 0 Å². The van der Waals surface area contributed by atoms with Crippen LogP contribution < -0.4 is 5.32 Å². The lowest BCUT2D eigenvalue weighted by atomic mass is 10.1. The fourth-order valence-electron chi connectivity index (χ4n) is 1.69. The Morgan fingerprint density at radius 1 is 1.00 bits per heavy atom. The van der Waals surface area contributed by atoms with Gasteiger partial charge in [-0.05, 0) is 35.9 Å². The van der Waals surface area contributed by atoms with E-state index < -0.39 is 23.4 Å². The number of hydrogen-bond acceptors (Lipinski definition) is 1. The van der Waals surface area contributed by atoms with Crippen molar-refractivity contribution < 1.29 is 22.0 Å². The van der Waals surface area contributed by atoms with Crippen molar-refractivity contribution in [2.24, 2.45) is 0 Å². The summed E-state index contributed by atoms with van der Waals surface area (Å²) in [6.45, 7) is 0.0547. The van der Waals surface area contributed by atoms with E-state index in [2.05, 4.69) is 21.2 Å². The Morgan fingerprint density at radius 3 is 2.33 bits per heavy atom. The predicted octanol–water partition coefficient (Wildman–Crippen LogP) is 5.36. The van der Waals surface area contributed by atoms with Gasteiger partial charge in [-0.1, -0.05) is 22.0 Å². The van der Waals surface area contributed by atoms with Crippen LogP contribution in [0.5, 0.6) is 0 Å². The van der Waals surface area contributed by atoms with Gasteiger partial charge in [-0.25, -0.2) is 8.78 Å². The Balaban J connectivity index is 2.19. The molecule has 0 spiro atoms. The Hall–Kier alpha value is -1.63. The fourth-order valence-corrected chi connectivity index (χ4v) is 2.18. The number of anilines is 1. The normalized spacial score (nSPS) is 11.5. The van der Waals surface area contributed by atoms with Crippen LogP contribution in [0.2, 0.25) is 0 Å². The molecule has 21 heavy (non-hydrogen) atoms. The molecule has 0 unspecified atom stereocenters. The van der Waals surface area contributed by atoms with E-state index in [0.717, 1.165) is 6.07 Å². The highest BCUT2D eigenvalue weighted by molar-refractivity contribution is 9.10. The smallest absolute Gasteiger partial charge is 0.379 e. The third-order valence-corrected chi connectivity index (χ3v) is 3.52. The zero-order chi connectivity index (χ0) is 15.6. The minimum Gasteiger partial charge on any atom is -0.379 e. The van der Waals surface area contributed by atoms with Crippen LogP contribution in [0.4, 0.5) is 27.6 Å². The average Bonchev–Trinajstić information content (AvgIpc) is 2.38. The van der Waals surface area contributed by atoms with Gasteiger partial charge in [-0.2, -0.15) is 13.2 Å². The quantitative estimate of drug-likeness (QED) is 0.722. The second-order valence-corrected chi connectivity index (χ2v) is 5.14. The van der Waals surface area contributed by atoms with Crippen LogP contribution in [0, 0.1) is 11.6 Å². The van der Waals surface area contributed by atoms with E-state index in [9.17, 15) is 22.0 Å². The van der Waals surface area contributed by atoms with E-state index in [1.54, 1.807) is 0 Å². The minimum absolute atomic E-state index is 0.0547. The Bertz CT molecular complexity index is 654. The van der Waals surface area contributed by atoms with Crippen molar-refractivity contribution in [2.45, 2.75) is 12.7 Å². The predicted molar refractivity (Wildman–Crippen MR) is 72.8 cm³/mol. The molecule has 1 nitrogen and oxygen atoms in total. The molecular weight excluding hydrogens is 357 g/mol. The molecular formula is C14H9BrF5N. The zero-order valence-electron chi connectivity index (χ0n) is 10.4. The van der Waals surface area contributed by atoms with Crippen molar-refractivity contribution in [1.29, 1.82) is 0 Å². The zero-order valence-corrected chi connectivity index (χ0v) is 12.0. The lowest BCUT2D eigenvalue weighted by molar-refractivity contribution is -0.137. The first-order valence-corrected chi connectivity index (χ1v) is 6.61. The molecule has 7 heteroatoms. The van der Waals surface area contributed by atoms with E-state index in [4.69, 9.17) is 0 Å². The molecule has 1 N–H and O–H groups in total. The van der Waals surface area contributed by atoms with Crippen molar-refractivity contribution in [3.8, 4) is 0 Å². The molecule has 0 saturated heterocycles. The molecule has 0 atom stereocenters. The molecule has 112 valence electrons. The molecule has 2 aromatic carbocycles. The summed E-state index contributed by atoms with van der Waals surface area (Å²) in [5.74, 6) is -1.24. The summed E-state index contributed by atoms with van der Waals surface area (Å²) in [6, 6.07) is 6.02. The standard InChI is InChI=1S/C14H9BrF5N/c15-11-6-10(16)3-1-8(11)7-21-13-5-9(14(18,19)20)2-4-12(13)17/h1-6,21H,7H2. The monoisotopic (exact) mass is 365 g/mol. The van der Waals surface area contributed by atoms with E-state index in [1.807, 2.05) is 0 Å². The van der Waals surface area contributed by atoms with Gasteiger partial charge in [0.05, 0.1) is 11.3 Å². The molecule has 0 aliphatic rings. The Kier molecular flexibility index (Phi) is 4.51. The maximum atomic E-state index is 13.5. The third-order valence-electron chi connectivity index (χ3n) is 2.78. The largest absolute Gasteiger partial charge is 0.416 e. The summed E-state index contributed by atoms with van der Waals surface area (Å²) < 4.78 is 64.6. The summed E-state index contributed by atoms with van der Waals surface area (Å²) in [4.78, 5) is 0. The number of hydrogen-bond donors (Lipinski definition) is 1. The molecule has 0 bridgehead atoms. The molecule has 2 aromatic rings. The first-order valence-electron chi connectivity index (χ1n) is 5.82. The van der Waals surface area contributed by atoms with Gasteiger partial charge in [-0.15, -0.1) is 0 Å². The summed E-state index contributed by atoms with van der Waals surface area (Å²) >= 11 is 3.13. The van der Waals surface area contributed by atoms with Crippen molar-refractivity contribution >= 4 is 21.6 Å².